The van der Waals surface area contributed by atoms with Crippen LogP contribution in [0, 0.1) is 0 Å². The second kappa shape index (κ2) is 10.7. The molecule has 0 bridgehead atoms. The van der Waals surface area contributed by atoms with E-state index in [-0.39, 0.29) is 11.6 Å². The van der Waals surface area contributed by atoms with E-state index in [1.165, 1.54) is 30.6 Å². The van der Waals surface area contributed by atoms with Gasteiger partial charge in [-0.25, -0.2) is 9.78 Å². The van der Waals surface area contributed by atoms with Crippen LogP contribution in [0.2, 0.25) is 0 Å². The first-order valence-corrected chi connectivity index (χ1v) is 11.1. The average molecular weight is 445 g/mol. The van der Waals surface area contributed by atoms with E-state index in [9.17, 15) is 9.59 Å². The van der Waals surface area contributed by atoms with Gasteiger partial charge in [-0.2, -0.15) is 0 Å². The van der Waals surface area contributed by atoms with Crippen molar-refractivity contribution in [2.45, 2.75) is 13.1 Å². The molecule has 2 aromatic carbocycles. The number of aromatic nitrogens is 1. The fourth-order valence-electron chi connectivity index (χ4n) is 3.96. The zero-order chi connectivity index (χ0) is 23.0. The van der Waals surface area contributed by atoms with Gasteiger partial charge in [-0.15, -0.1) is 0 Å². The number of esters is 1. The molecule has 2 heterocycles. The number of benzene rings is 2. The molecular formula is C26H28N4O3. The number of methoxy groups -OCH3 is 1. The Labute approximate surface area is 194 Å². The van der Waals surface area contributed by atoms with Crippen molar-refractivity contribution in [2.75, 3.05) is 38.2 Å². The van der Waals surface area contributed by atoms with Gasteiger partial charge < -0.3 is 15.0 Å². The van der Waals surface area contributed by atoms with E-state index < -0.39 is 5.97 Å². The van der Waals surface area contributed by atoms with Crippen LogP contribution in [-0.4, -0.2) is 55.0 Å². The minimum absolute atomic E-state index is 0.173. The third kappa shape index (κ3) is 5.75. The van der Waals surface area contributed by atoms with Crippen molar-refractivity contribution in [2.24, 2.45) is 0 Å². The van der Waals surface area contributed by atoms with Crippen molar-refractivity contribution in [3.8, 4) is 0 Å². The molecule has 7 heteroatoms. The number of nitrogens with one attached hydrogen (secondary N) is 1. The topological polar surface area (TPSA) is 74.8 Å². The number of nitrogens with zero attached hydrogens (tertiary/aromatic N) is 3. The number of amides is 1. The number of anilines is 1. The van der Waals surface area contributed by atoms with Crippen molar-refractivity contribution in [1.29, 1.82) is 0 Å². The van der Waals surface area contributed by atoms with Crippen molar-refractivity contribution >= 4 is 17.6 Å². The Hall–Kier alpha value is -3.71. The van der Waals surface area contributed by atoms with Gasteiger partial charge in [0, 0.05) is 51.2 Å². The Morgan fingerprint density at radius 2 is 1.61 bits per heavy atom. The maximum atomic E-state index is 12.6. The van der Waals surface area contributed by atoms with Crippen LogP contribution in [0.4, 0.5) is 5.69 Å². The Bertz CT molecular complexity index is 1080. The summed E-state index contributed by atoms with van der Waals surface area (Å²) in [5, 5.41) is 2.96. The van der Waals surface area contributed by atoms with Gasteiger partial charge in [0.1, 0.15) is 5.69 Å². The molecule has 0 unspecified atom stereocenters. The lowest BCUT2D eigenvalue weighted by Gasteiger charge is -2.36. The Morgan fingerprint density at radius 1 is 0.909 bits per heavy atom. The molecule has 0 aliphatic carbocycles. The number of hydrogen-bond donors (Lipinski definition) is 1. The maximum Gasteiger partial charge on any atom is 0.356 e. The smallest absolute Gasteiger partial charge is 0.356 e. The standard InChI is InChI=1S/C26H28N4O3/c1-33-26(32)24-12-11-21(18-27-24)25(31)28-17-20-7-5-6-8-22(20)19-29-13-15-30(16-14-29)23-9-3-2-4-10-23/h2-12,18H,13-17,19H2,1H3,(H,28,31). The second-order valence-corrected chi connectivity index (χ2v) is 7.97. The molecule has 1 aromatic heterocycles. The Morgan fingerprint density at radius 3 is 2.27 bits per heavy atom. The highest BCUT2D eigenvalue weighted by molar-refractivity contribution is 5.95. The van der Waals surface area contributed by atoms with Crippen molar-refractivity contribution in [1.82, 2.24) is 15.2 Å². The summed E-state index contributed by atoms with van der Waals surface area (Å²) >= 11 is 0. The molecule has 0 saturated carbocycles. The van der Waals surface area contributed by atoms with Gasteiger partial charge in [0.05, 0.1) is 12.7 Å². The third-order valence-corrected chi connectivity index (χ3v) is 5.87. The number of pyridine rings is 1. The zero-order valence-corrected chi connectivity index (χ0v) is 18.7. The summed E-state index contributed by atoms with van der Waals surface area (Å²) < 4.78 is 4.64. The highest BCUT2D eigenvalue weighted by Crippen LogP contribution is 2.18. The zero-order valence-electron chi connectivity index (χ0n) is 18.7. The molecule has 0 atom stereocenters. The van der Waals surface area contributed by atoms with E-state index in [0.29, 0.717) is 12.1 Å². The van der Waals surface area contributed by atoms with Gasteiger partial charge in [0.15, 0.2) is 0 Å². The third-order valence-electron chi connectivity index (χ3n) is 5.87. The quantitative estimate of drug-likeness (QED) is 0.565. The monoisotopic (exact) mass is 444 g/mol. The Balaban J connectivity index is 1.32. The maximum absolute atomic E-state index is 12.6. The van der Waals surface area contributed by atoms with E-state index in [1.807, 2.05) is 18.2 Å². The van der Waals surface area contributed by atoms with Gasteiger partial charge in [-0.05, 0) is 35.4 Å². The molecule has 170 valence electrons. The number of carbonyl (C=O) groups is 2. The van der Waals surface area contributed by atoms with Gasteiger partial charge in [0.25, 0.3) is 5.91 Å². The summed E-state index contributed by atoms with van der Waals surface area (Å²) in [7, 11) is 1.30. The first kappa shape index (κ1) is 22.5. The fraction of sp³-hybridized carbons (Fsp3) is 0.269. The lowest BCUT2D eigenvalue weighted by molar-refractivity contribution is 0.0593. The van der Waals surface area contributed by atoms with Crippen LogP contribution >= 0.6 is 0 Å². The van der Waals surface area contributed by atoms with Crippen LogP contribution in [0.1, 0.15) is 32.0 Å². The molecule has 0 spiro atoms. The van der Waals surface area contributed by atoms with Crippen LogP contribution < -0.4 is 10.2 Å². The molecular weight excluding hydrogens is 416 g/mol. The predicted octanol–water partition coefficient (Wildman–Crippen LogP) is 3.12. The molecule has 1 aliphatic rings. The molecule has 1 amide bonds. The molecule has 7 nitrogen and oxygen atoms in total. The van der Waals surface area contributed by atoms with Crippen LogP contribution in [0.25, 0.3) is 0 Å². The van der Waals surface area contributed by atoms with Gasteiger partial charge in [-0.1, -0.05) is 42.5 Å². The molecule has 33 heavy (non-hydrogen) atoms. The number of carbonyl (C=O) groups excluding carboxylic acids is 2. The normalized spacial score (nSPS) is 14.0. The first-order valence-electron chi connectivity index (χ1n) is 11.1. The largest absolute Gasteiger partial charge is 0.464 e. The van der Waals surface area contributed by atoms with E-state index in [1.54, 1.807) is 6.07 Å². The Kier molecular flexibility index (Phi) is 7.32. The van der Waals surface area contributed by atoms with E-state index in [2.05, 4.69) is 61.2 Å². The predicted molar refractivity (Wildman–Crippen MR) is 127 cm³/mol. The molecule has 1 N–H and O–H groups in total. The first-order chi connectivity index (χ1) is 16.1. The number of para-hydroxylation sites is 1. The number of ether oxygens (including phenoxy) is 1. The number of rotatable bonds is 7. The summed E-state index contributed by atoms with van der Waals surface area (Å²) in [6.45, 7) is 5.26. The van der Waals surface area contributed by atoms with Crippen molar-refractivity contribution in [3.05, 3.63) is 95.3 Å². The molecule has 1 fully saturated rings. The van der Waals surface area contributed by atoms with Crippen LogP contribution in [0.5, 0.6) is 0 Å². The van der Waals surface area contributed by atoms with Crippen molar-refractivity contribution in [3.63, 3.8) is 0 Å². The van der Waals surface area contributed by atoms with Gasteiger partial charge in [0.2, 0.25) is 0 Å². The molecule has 0 radical (unpaired) electrons. The molecule has 4 rings (SSSR count). The van der Waals surface area contributed by atoms with E-state index >= 15 is 0 Å². The van der Waals surface area contributed by atoms with Gasteiger partial charge in [-0.3, -0.25) is 9.69 Å². The number of hydrogen-bond acceptors (Lipinski definition) is 6. The van der Waals surface area contributed by atoms with Crippen molar-refractivity contribution < 1.29 is 14.3 Å². The minimum Gasteiger partial charge on any atom is -0.464 e. The van der Waals surface area contributed by atoms with Crippen LogP contribution in [0.15, 0.2) is 72.9 Å². The fourth-order valence-corrected chi connectivity index (χ4v) is 3.96. The lowest BCUT2D eigenvalue weighted by atomic mass is 10.1. The van der Waals surface area contributed by atoms with Gasteiger partial charge >= 0.3 is 5.97 Å². The SMILES string of the molecule is COC(=O)c1ccc(C(=O)NCc2ccccc2CN2CCN(c3ccccc3)CC2)cn1. The van der Waals surface area contributed by atoms with Crippen LogP contribution in [-0.2, 0) is 17.8 Å². The minimum atomic E-state index is -0.527. The molecule has 1 saturated heterocycles. The number of piperazine rings is 1. The summed E-state index contributed by atoms with van der Waals surface area (Å²) in [5.41, 5.74) is 4.15. The van der Waals surface area contributed by atoms with E-state index in [4.69, 9.17) is 0 Å². The van der Waals surface area contributed by atoms with Crippen LogP contribution in [0.3, 0.4) is 0 Å². The molecule has 3 aromatic rings. The summed E-state index contributed by atoms with van der Waals surface area (Å²) in [6, 6.07) is 21.8. The highest BCUT2D eigenvalue weighted by atomic mass is 16.5. The summed E-state index contributed by atoms with van der Waals surface area (Å²) in [4.78, 5) is 32.9. The highest BCUT2D eigenvalue weighted by Gasteiger charge is 2.18. The summed E-state index contributed by atoms with van der Waals surface area (Å²) in [5.74, 6) is -0.759. The molecule has 1 aliphatic heterocycles. The average Bonchev–Trinajstić information content (AvgIpc) is 2.88. The summed E-state index contributed by atoms with van der Waals surface area (Å²) in [6.07, 6.45) is 1.39. The van der Waals surface area contributed by atoms with E-state index in [0.717, 1.165) is 38.3 Å². The lowest BCUT2D eigenvalue weighted by Crippen LogP contribution is -2.46. The second-order valence-electron chi connectivity index (χ2n) is 7.97.